The second-order valence-corrected chi connectivity index (χ2v) is 7.40. The molecule has 27 heavy (non-hydrogen) atoms. The summed E-state index contributed by atoms with van der Waals surface area (Å²) >= 11 is 0. The monoisotopic (exact) mass is 359 g/mol. The number of hydrogen-bond donors (Lipinski definition) is 1. The Morgan fingerprint density at radius 3 is 2.63 bits per heavy atom. The molecule has 0 saturated heterocycles. The zero-order valence-corrected chi connectivity index (χ0v) is 16.1. The predicted octanol–water partition coefficient (Wildman–Crippen LogP) is 5.04. The van der Waals surface area contributed by atoms with Crippen molar-refractivity contribution in [2.24, 2.45) is 0 Å². The van der Waals surface area contributed by atoms with Crippen molar-refractivity contribution >= 4 is 16.3 Å². The van der Waals surface area contributed by atoms with Gasteiger partial charge in [-0.15, -0.1) is 0 Å². The smallest absolute Gasteiger partial charge is 0.132 e. The highest BCUT2D eigenvalue weighted by molar-refractivity contribution is 5.99. The van der Waals surface area contributed by atoms with Gasteiger partial charge in [-0.1, -0.05) is 42.5 Å². The first-order chi connectivity index (χ1) is 13.1. The van der Waals surface area contributed by atoms with Crippen LogP contribution >= 0.6 is 0 Å². The molecule has 0 bridgehead atoms. The summed E-state index contributed by atoms with van der Waals surface area (Å²) < 4.78 is 12.1. The molecule has 1 aliphatic rings. The third kappa shape index (κ3) is 3.56. The summed E-state index contributed by atoms with van der Waals surface area (Å²) in [5.41, 5.74) is 3.16. The van der Waals surface area contributed by atoms with Crippen LogP contribution in [-0.2, 0) is 0 Å². The Bertz CT molecular complexity index is 999. The summed E-state index contributed by atoms with van der Waals surface area (Å²) in [6.07, 6.45) is 2.22. The first kappa shape index (κ1) is 17.6. The van der Waals surface area contributed by atoms with E-state index in [1.54, 1.807) is 0 Å². The molecule has 138 valence electrons. The highest BCUT2D eigenvalue weighted by Crippen LogP contribution is 2.42. The maximum absolute atomic E-state index is 6.26. The molecule has 4 rings (SSSR count). The van der Waals surface area contributed by atoms with E-state index in [1.165, 1.54) is 21.9 Å². The van der Waals surface area contributed by atoms with Crippen LogP contribution in [0.4, 0.5) is 0 Å². The fraction of sp³-hybridized carbons (Fsp3) is 0.250. The number of fused-ring (bicyclic) bond motifs is 2. The number of rotatable bonds is 5. The minimum absolute atomic E-state index is 0.386. The molecule has 0 atom stereocenters. The Kier molecular flexibility index (Phi) is 4.63. The molecular formula is C24H25NO2. The summed E-state index contributed by atoms with van der Waals surface area (Å²) in [4.78, 5) is 0. The van der Waals surface area contributed by atoms with E-state index in [-0.39, 0.29) is 5.60 Å². The van der Waals surface area contributed by atoms with Crippen molar-refractivity contribution in [2.75, 3.05) is 20.2 Å². The third-order valence-electron chi connectivity index (χ3n) is 4.81. The molecule has 0 radical (unpaired) electrons. The zero-order chi connectivity index (χ0) is 18.9. The SMILES string of the molecule is CNCCOc1ccc2c(c1)OC(C)(C)C=C2c1cccc2ccccc12. The van der Waals surface area contributed by atoms with Gasteiger partial charge in [-0.25, -0.2) is 0 Å². The summed E-state index contributed by atoms with van der Waals surface area (Å²) in [7, 11) is 1.92. The lowest BCUT2D eigenvalue weighted by Crippen LogP contribution is -2.29. The minimum atomic E-state index is -0.386. The molecule has 0 aromatic heterocycles. The van der Waals surface area contributed by atoms with Gasteiger partial charge in [0.1, 0.15) is 23.7 Å². The van der Waals surface area contributed by atoms with Crippen LogP contribution in [-0.4, -0.2) is 25.8 Å². The fourth-order valence-electron chi connectivity index (χ4n) is 3.59. The van der Waals surface area contributed by atoms with Crippen LogP contribution in [0, 0.1) is 0 Å². The fourth-order valence-corrected chi connectivity index (χ4v) is 3.59. The largest absolute Gasteiger partial charge is 0.492 e. The van der Waals surface area contributed by atoms with Gasteiger partial charge in [-0.3, -0.25) is 0 Å². The average molecular weight is 359 g/mol. The lowest BCUT2D eigenvalue weighted by molar-refractivity contribution is 0.157. The molecule has 1 heterocycles. The van der Waals surface area contributed by atoms with E-state index >= 15 is 0 Å². The van der Waals surface area contributed by atoms with E-state index in [0.717, 1.165) is 23.6 Å². The van der Waals surface area contributed by atoms with Crippen LogP contribution in [0.5, 0.6) is 11.5 Å². The van der Waals surface area contributed by atoms with Crippen molar-refractivity contribution in [1.82, 2.24) is 5.32 Å². The second kappa shape index (κ2) is 7.09. The van der Waals surface area contributed by atoms with Gasteiger partial charge in [0.2, 0.25) is 0 Å². The molecule has 0 amide bonds. The summed E-state index contributed by atoms with van der Waals surface area (Å²) in [6.45, 7) is 5.63. The van der Waals surface area contributed by atoms with Crippen molar-refractivity contribution in [3.63, 3.8) is 0 Å². The topological polar surface area (TPSA) is 30.5 Å². The van der Waals surface area contributed by atoms with Crippen LogP contribution in [0.1, 0.15) is 25.0 Å². The molecule has 3 nitrogen and oxygen atoms in total. The first-order valence-electron chi connectivity index (χ1n) is 9.39. The molecule has 0 fully saturated rings. The summed E-state index contributed by atoms with van der Waals surface area (Å²) in [5.74, 6) is 1.70. The van der Waals surface area contributed by atoms with Crippen LogP contribution < -0.4 is 14.8 Å². The number of likely N-dealkylation sites (N-methyl/N-ethyl adjacent to an activating group) is 1. The molecule has 1 aliphatic heterocycles. The van der Waals surface area contributed by atoms with Gasteiger partial charge >= 0.3 is 0 Å². The van der Waals surface area contributed by atoms with E-state index in [4.69, 9.17) is 9.47 Å². The lowest BCUT2D eigenvalue weighted by atomic mass is 9.87. The van der Waals surface area contributed by atoms with E-state index in [2.05, 4.69) is 73.8 Å². The highest BCUT2D eigenvalue weighted by Gasteiger charge is 2.28. The van der Waals surface area contributed by atoms with Gasteiger partial charge < -0.3 is 14.8 Å². The van der Waals surface area contributed by atoms with Crippen molar-refractivity contribution in [1.29, 1.82) is 0 Å². The Labute approximate surface area is 160 Å². The van der Waals surface area contributed by atoms with Gasteiger partial charge in [0.15, 0.2) is 0 Å². The Morgan fingerprint density at radius 2 is 1.78 bits per heavy atom. The first-order valence-corrected chi connectivity index (χ1v) is 9.39. The number of nitrogens with one attached hydrogen (secondary N) is 1. The molecule has 1 N–H and O–H groups in total. The average Bonchev–Trinajstić information content (AvgIpc) is 2.66. The lowest BCUT2D eigenvalue weighted by Gasteiger charge is -2.32. The highest BCUT2D eigenvalue weighted by atomic mass is 16.5. The normalized spacial score (nSPS) is 15.0. The third-order valence-corrected chi connectivity index (χ3v) is 4.81. The van der Waals surface area contributed by atoms with Crippen LogP contribution in [0.15, 0.2) is 66.7 Å². The quantitative estimate of drug-likeness (QED) is 0.647. The summed E-state index contributed by atoms with van der Waals surface area (Å²) in [5, 5.41) is 5.59. The Hall–Kier alpha value is -2.78. The van der Waals surface area contributed by atoms with Crippen molar-refractivity contribution in [3.8, 4) is 11.5 Å². The molecular weight excluding hydrogens is 334 g/mol. The van der Waals surface area contributed by atoms with E-state index in [0.29, 0.717) is 6.61 Å². The van der Waals surface area contributed by atoms with Crippen molar-refractivity contribution in [3.05, 3.63) is 77.9 Å². The van der Waals surface area contributed by atoms with Crippen molar-refractivity contribution in [2.45, 2.75) is 19.4 Å². The Balaban J connectivity index is 1.81. The molecule has 3 heteroatoms. The predicted molar refractivity (Wildman–Crippen MR) is 112 cm³/mol. The number of ether oxygens (including phenoxy) is 2. The van der Waals surface area contributed by atoms with Gasteiger partial charge in [0.05, 0.1) is 0 Å². The van der Waals surface area contributed by atoms with Gasteiger partial charge in [-0.2, -0.15) is 0 Å². The molecule has 0 saturated carbocycles. The number of hydrogen-bond acceptors (Lipinski definition) is 3. The molecule has 0 spiro atoms. The molecule has 0 unspecified atom stereocenters. The maximum Gasteiger partial charge on any atom is 0.132 e. The number of benzene rings is 3. The maximum atomic E-state index is 6.26. The summed E-state index contributed by atoms with van der Waals surface area (Å²) in [6, 6.07) is 21.1. The van der Waals surface area contributed by atoms with Crippen LogP contribution in [0.2, 0.25) is 0 Å². The standard InChI is InChI=1S/C24H25NO2/c1-24(2)16-22(20-10-6-8-17-7-4-5-9-19(17)20)21-12-11-18(15-23(21)27-24)26-14-13-25-3/h4-12,15-16,25H,13-14H2,1-3H3. The molecule has 3 aromatic carbocycles. The van der Waals surface area contributed by atoms with Crippen molar-refractivity contribution < 1.29 is 9.47 Å². The van der Waals surface area contributed by atoms with Crippen LogP contribution in [0.25, 0.3) is 16.3 Å². The van der Waals surface area contributed by atoms with E-state index in [9.17, 15) is 0 Å². The molecule has 3 aromatic rings. The van der Waals surface area contributed by atoms with E-state index in [1.807, 2.05) is 19.2 Å². The minimum Gasteiger partial charge on any atom is -0.492 e. The van der Waals surface area contributed by atoms with Gasteiger partial charge in [0.25, 0.3) is 0 Å². The second-order valence-electron chi connectivity index (χ2n) is 7.40. The zero-order valence-electron chi connectivity index (χ0n) is 16.1. The van der Waals surface area contributed by atoms with Gasteiger partial charge in [-0.05, 0) is 61.0 Å². The molecule has 0 aliphatic carbocycles. The van der Waals surface area contributed by atoms with Gasteiger partial charge in [0, 0.05) is 18.2 Å². The van der Waals surface area contributed by atoms with Crippen LogP contribution in [0.3, 0.4) is 0 Å². The Morgan fingerprint density at radius 1 is 0.963 bits per heavy atom. The van der Waals surface area contributed by atoms with E-state index < -0.39 is 0 Å².